The zero-order valence-electron chi connectivity index (χ0n) is 15.1. The first-order chi connectivity index (χ1) is 13.4. The zero-order valence-corrected chi connectivity index (χ0v) is 15.1. The van der Waals surface area contributed by atoms with E-state index >= 15 is 0 Å². The molecule has 0 radical (unpaired) electrons. The third-order valence-electron chi connectivity index (χ3n) is 4.38. The predicted molar refractivity (Wildman–Crippen MR) is 90.4 cm³/mol. The molecule has 0 atom stereocenters. The maximum atomic E-state index is 14.5. The van der Waals surface area contributed by atoms with Crippen LogP contribution in [0.4, 0.5) is 26.3 Å². The highest BCUT2D eigenvalue weighted by Gasteiger charge is 2.57. The second kappa shape index (κ2) is 6.72. The third kappa shape index (κ3) is 3.74. The van der Waals surface area contributed by atoms with Crippen LogP contribution in [0.5, 0.6) is 0 Å². The lowest BCUT2D eigenvalue weighted by Crippen LogP contribution is -2.40. The van der Waals surface area contributed by atoms with Gasteiger partial charge in [0.15, 0.2) is 5.82 Å². The number of alkyl halides is 5. The smallest absolute Gasteiger partial charge is 0.257 e. The summed E-state index contributed by atoms with van der Waals surface area (Å²) in [7, 11) is 0. The van der Waals surface area contributed by atoms with E-state index in [4.69, 9.17) is 5.26 Å². The van der Waals surface area contributed by atoms with Crippen molar-refractivity contribution in [2.24, 2.45) is 0 Å². The molecule has 0 saturated heterocycles. The van der Waals surface area contributed by atoms with Gasteiger partial charge in [-0.15, -0.1) is 0 Å². The van der Waals surface area contributed by atoms with Gasteiger partial charge in [0.2, 0.25) is 0 Å². The molecule has 29 heavy (non-hydrogen) atoms. The molecule has 0 aromatic carbocycles. The van der Waals surface area contributed by atoms with E-state index in [1.165, 1.54) is 12.3 Å². The number of fused-ring (bicyclic) bond motifs is 1. The van der Waals surface area contributed by atoms with E-state index in [1.807, 2.05) is 6.07 Å². The van der Waals surface area contributed by atoms with Gasteiger partial charge in [0.25, 0.3) is 0 Å². The summed E-state index contributed by atoms with van der Waals surface area (Å²) >= 11 is 0. The number of nitrogens with zero attached hydrogens (tertiary/aromatic N) is 5. The van der Waals surface area contributed by atoms with Crippen molar-refractivity contribution >= 4 is 10.9 Å². The largest absolute Gasteiger partial charge is 0.455 e. The molecule has 0 saturated carbocycles. The molecule has 0 fully saturated rings. The van der Waals surface area contributed by atoms with Crippen LogP contribution in [-0.4, -0.2) is 31.8 Å². The molecular weight excluding hydrogens is 400 g/mol. The molecular formula is C18H13F6N5. The molecule has 3 rings (SSSR count). The molecule has 0 N–H and O–H groups in total. The van der Waals surface area contributed by atoms with E-state index in [9.17, 15) is 26.3 Å². The lowest BCUT2D eigenvalue weighted by molar-refractivity contribution is -0.287. The monoisotopic (exact) mass is 413 g/mol. The Morgan fingerprint density at radius 1 is 1.03 bits per heavy atom. The van der Waals surface area contributed by atoms with Crippen LogP contribution >= 0.6 is 0 Å². The van der Waals surface area contributed by atoms with Crippen LogP contribution in [0.25, 0.3) is 22.3 Å². The summed E-state index contributed by atoms with van der Waals surface area (Å²) in [6.07, 6.45) is -2.29. The summed E-state index contributed by atoms with van der Waals surface area (Å²) in [5.74, 6) is -5.73. The number of aromatic nitrogens is 4. The van der Waals surface area contributed by atoms with Gasteiger partial charge in [0.1, 0.15) is 12.2 Å². The first-order valence-electron chi connectivity index (χ1n) is 8.19. The normalized spacial score (nSPS) is 12.9. The highest BCUT2D eigenvalue weighted by molar-refractivity contribution is 5.81. The predicted octanol–water partition coefficient (Wildman–Crippen LogP) is 4.63. The summed E-state index contributed by atoms with van der Waals surface area (Å²) in [5, 5.41) is 12.9. The maximum absolute atomic E-state index is 14.5. The van der Waals surface area contributed by atoms with Crippen LogP contribution in [-0.2, 0) is 12.0 Å². The Labute approximate surface area is 160 Å². The average Bonchev–Trinajstić information content (AvgIpc) is 3.02. The van der Waals surface area contributed by atoms with E-state index in [2.05, 4.69) is 15.1 Å². The van der Waals surface area contributed by atoms with Crippen LogP contribution in [0.2, 0.25) is 0 Å². The summed E-state index contributed by atoms with van der Waals surface area (Å²) in [6, 6.07) is 4.45. The zero-order chi connectivity index (χ0) is 21.6. The van der Waals surface area contributed by atoms with Gasteiger partial charge in [0.05, 0.1) is 35.1 Å². The highest BCUT2D eigenvalue weighted by atomic mass is 19.4. The maximum Gasteiger partial charge on any atom is 0.455 e. The molecule has 3 aromatic heterocycles. The molecule has 3 aromatic rings. The molecule has 0 aliphatic heterocycles. The fraction of sp³-hybridized carbons (Fsp3) is 0.333. The molecule has 0 aliphatic carbocycles. The molecule has 11 heteroatoms. The first kappa shape index (κ1) is 20.6. The number of hydrogen-bond acceptors (Lipinski definition) is 4. The van der Waals surface area contributed by atoms with Crippen molar-refractivity contribution in [1.29, 1.82) is 5.26 Å². The fourth-order valence-electron chi connectivity index (χ4n) is 2.54. The Hall–Kier alpha value is -3.16. The van der Waals surface area contributed by atoms with Gasteiger partial charge in [-0.2, -0.15) is 32.3 Å². The van der Waals surface area contributed by atoms with Crippen molar-refractivity contribution < 1.29 is 26.3 Å². The fourth-order valence-corrected chi connectivity index (χ4v) is 2.54. The molecule has 0 spiro atoms. The molecule has 3 heterocycles. The molecule has 0 bridgehead atoms. The topological polar surface area (TPSA) is 67.4 Å². The van der Waals surface area contributed by atoms with Crippen LogP contribution < -0.4 is 0 Å². The average molecular weight is 413 g/mol. The van der Waals surface area contributed by atoms with Crippen LogP contribution in [0.15, 0.2) is 30.7 Å². The van der Waals surface area contributed by atoms with Crippen molar-refractivity contribution in [3.05, 3.63) is 42.1 Å². The molecule has 0 amide bonds. The van der Waals surface area contributed by atoms with Crippen molar-refractivity contribution in [3.8, 4) is 17.5 Å². The van der Waals surface area contributed by atoms with E-state index < -0.39 is 29.9 Å². The number of pyridine rings is 2. The van der Waals surface area contributed by atoms with E-state index in [0.717, 1.165) is 18.5 Å². The van der Waals surface area contributed by atoms with Gasteiger partial charge >= 0.3 is 12.1 Å². The highest BCUT2D eigenvalue weighted by Crippen LogP contribution is 2.37. The Morgan fingerprint density at radius 2 is 1.72 bits per heavy atom. The standard InChI is InChI=1S/C18H13F6N5/c1-16(2,8-25)11-4-12(19)15(27-6-11)13-3-10-5-28-29(14(10)7-26-13)9-17(20,21)18(22,23)24/h3-7H,9H2,1-2H3. The van der Waals surface area contributed by atoms with Gasteiger partial charge in [-0.05, 0) is 31.5 Å². The van der Waals surface area contributed by atoms with Crippen molar-refractivity contribution in [2.75, 3.05) is 0 Å². The number of nitriles is 1. The summed E-state index contributed by atoms with van der Waals surface area (Å²) in [5.41, 5.74) is -0.796. The van der Waals surface area contributed by atoms with Crippen molar-refractivity contribution in [2.45, 2.75) is 37.9 Å². The van der Waals surface area contributed by atoms with Gasteiger partial charge in [-0.1, -0.05) is 0 Å². The Balaban J connectivity index is 1.97. The summed E-state index contributed by atoms with van der Waals surface area (Å²) in [6.45, 7) is 1.49. The number of rotatable bonds is 4. The van der Waals surface area contributed by atoms with E-state index in [1.54, 1.807) is 13.8 Å². The Bertz CT molecular complexity index is 1110. The Morgan fingerprint density at radius 3 is 2.31 bits per heavy atom. The second-order valence-electron chi connectivity index (χ2n) is 6.92. The van der Waals surface area contributed by atoms with Gasteiger partial charge in [-0.25, -0.2) is 4.39 Å². The van der Waals surface area contributed by atoms with Gasteiger partial charge < -0.3 is 0 Å². The molecule has 0 aliphatic rings. The minimum atomic E-state index is -5.72. The molecule has 0 unspecified atom stereocenters. The van der Waals surface area contributed by atoms with Crippen molar-refractivity contribution in [3.63, 3.8) is 0 Å². The van der Waals surface area contributed by atoms with E-state index in [-0.39, 0.29) is 22.3 Å². The third-order valence-corrected chi connectivity index (χ3v) is 4.38. The lowest BCUT2D eigenvalue weighted by Gasteiger charge is -2.19. The van der Waals surface area contributed by atoms with Crippen LogP contribution in [0.1, 0.15) is 19.4 Å². The van der Waals surface area contributed by atoms with Gasteiger partial charge in [-0.3, -0.25) is 14.6 Å². The lowest BCUT2D eigenvalue weighted by atomic mass is 9.87. The minimum absolute atomic E-state index is 0.0402. The summed E-state index contributed by atoms with van der Waals surface area (Å²) in [4.78, 5) is 7.90. The quantitative estimate of drug-likeness (QED) is 0.585. The van der Waals surface area contributed by atoms with Crippen LogP contribution in [0, 0.1) is 17.1 Å². The summed E-state index contributed by atoms with van der Waals surface area (Å²) < 4.78 is 78.8. The number of halogens is 6. The number of hydrogen-bond donors (Lipinski definition) is 0. The SMILES string of the molecule is CC(C)(C#N)c1cnc(-c2cc3cnn(CC(F)(F)C(F)(F)F)c3cn2)c(F)c1. The first-order valence-corrected chi connectivity index (χ1v) is 8.19. The minimum Gasteiger partial charge on any atom is -0.257 e. The Kier molecular flexibility index (Phi) is 4.77. The second-order valence-corrected chi connectivity index (χ2v) is 6.92. The molecule has 5 nitrogen and oxygen atoms in total. The van der Waals surface area contributed by atoms with Crippen molar-refractivity contribution in [1.82, 2.24) is 19.7 Å². The van der Waals surface area contributed by atoms with Crippen LogP contribution in [0.3, 0.4) is 0 Å². The molecule has 152 valence electrons. The van der Waals surface area contributed by atoms with E-state index in [0.29, 0.717) is 10.2 Å². The van der Waals surface area contributed by atoms with Gasteiger partial charge in [0, 0.05) is 11.6 Å².